The van der Waals surface area contributed by atoms with E-state index >= 15 is 0 Å². The van der Waals surface area contributed by atoms with Crippen molar-refractivity contribution in [1.29, 1.82) is 0 Å². The molecule has 5 heteroatoms. The number of amides is 1. The summed E-state index contributed by atoms with van der Waals surface area (Å²) in [5.74, 6) is 0.0213. The first kappa shape index (κ1) is 15.1. The Kier molecular flexibility index (Phi) is 5.37. The van der Waals surface area contributed by atoms with Gasteiger partial charge in [-0.05, 0) is 24.6 Å². The zero-order valence-electron chi connectivity index (χ0n) is 12.6. The van der Waals surface area contributed by atoms with Crippen molar-refractivity contribution in [2.75, 3.05) is 10.6 Å². The van der Waals surface area contributed by atoms with E-state index in [0.717, 1.165) is 36.4 Å². The fraction of sp³-hybridized carbons (Fsp3) is 0.375. The molecule has 2 aromatic rings. The molecule has 1 aromatic heterocycles. The molecule has 1 aromatic carbocycles. The van der Waals surface area contributed by atoms with E-state index in [1.807, 2.05) is 42.1 Å². The van der Waals surface area contributed by atoms with Crippen molar-refractivity contribution >= 4 is 17.3 Å². The van der Waals surface area contributed by atoms with Crippen LogP contribution >= 0.6 is 0 Å². The summed E-state index contributed by atoms with van der Waals surface area (Å²) in [5, 5.41) is 10.5. The van der Waals surface area contributed by atoms with Crippen molar-refractivity contribution in [3.05, 3.63) is 42.2 Å². The van der Waals surface area contributed by atoms with Crippen molar-refractivity contribution in [3.8, 4) is 0 Å². The summed E-state index contributed by atoms with van der Waals surface area (Å²) in [6.45, 7) is 5.63. The van der Waals surface area contributed by atoms with E-state index < -0.39 is 0 Å². The van der Waals surface area contributed by atoms with Gasteiger partial charge in [0.15, 0.2) is 0 Å². The van der Waals surface area contributed by atoms with E-state index in [1.54, 1.807) is 0 Å². The number of aryl methyl sites for hydroxylation is 1. The number of nitrogens with zero attached hydrogens (tertiary/aromatic N) is 2. The van der Waals surface area contributed by atoms with Crippen LogP contribution in [0.25, 0.3) is 0 Å². The monoisotopic (exact) mass is 286 g/mol. The normalized spacial score (nSPS) is 10.4. The van der Waals surface area contributed by atoms with E-state index in [-0.39, 0.29) is 5.91 Å². The van der Waals surface area contributed by atoms with Crippen molar-refractivity contribution in [3.63, 3.8) is 0 Å². The van der Waals surface area contributed by atoms with Crippen LogP contribution in [0.5, 0.6) is 0 Å². The minimum Gasteiger partial charge on any atom is -0.381 e. The number of hydrogen-bond acceptors (Lipinski definition) is 3. The number of rotatable bonds is 7. The van der Waals surface area contributed by atoms with E-state index in [4.69, 9.17) is 0 Å². The minimum absolute atomic E-state index is 0.0213. The first-order valence-corrected chi connectivity index (χ1v) is 7.36. The molecular formula is C16H22N4O. The Morgan fingerprint density at radius 3 is 2.86 bits per heavy atom. The predicted octanol–water partition coefficient (Wildman–Crippen LogP) is 3.25. The highest BCUT2D eigenvalue weighted by Gasteiger charge is 2.01. The topological polar surface area (TPSA) is 59.0 Å². The van der Waals surface area contributed by atoms with E-state index in [0.29, 0.717) is 6.42 Å². The molecule has 0 saturated heterocycles. The molecule has 1 heterocycles. The molecule has 0 atom stereocenters. The van der Waals surface area contributed by atoms with Crippen molar-refractivity contribution in [2.45, 2.75) is 39.8 Å². The first-order chi connectivity index (χ1) is 10.2. The smallest absolute Gasteiger partial charge is 0.224 e. The lowest BCUT2D eigenvalue weighted by molar-refractivity contribution is -0.115. The van der Waals surface area contributed by atoms with Crippen LogP contribution in [-0.2, 0) is 17.9 Å². The van der Waals surface area contributed by atoms with Gasteiger partial charge in [0.1, 0.15) is 0 Å². The van der Waals surface area contributed by atoms with E-state index in [1.165, 1.54) is 0 Å². The fourth-order valence-electron chi connectivity index (χ4n) is 2.01. The van der Waals surface area contributed by atoms with Crippen LogP contribution < -0.4 is 10.6 Å². The number of hydrogen-bond donors (Lipinski definition) is 2. The average molecular weight is 286 g/mol. The Labute approximate surface area is 125 Å². The largest absolute Gasteiger partial charge is 0.381 e. The SMILES string of the molecule is CCCn1cc(CNc2cccc(NC(=O)CC)c2)cn1. The van der Waals surface area contributed by atoms with Crippen molar-refractivity contribution in [1.82, 2.24) is 9.78 Å². The average Bonchev–Trinajstić information content (AvgIpc) is 2.93. The van der Waals surface area contributed by atoms with Crippen LogP contribution in [0.15, 0.2) is 36.7 Å². The maximum Gasteiger partial charge on any atom is 0.224 e. The number of carbonyl (C=O) groups excluding carboxylic acids is 1. The molecule has 0 fully saturated rings. The zero-order valence-corrected chi connectivity index (χ0v) is 12.6. The lowest BCUT2D eigenvalue weighted by atomic mass is 10.2. The second-order valence-electron chi connectivity index (χ2n) is 4.95. The van der Waals surface area contributed by atoms with Gasteiger partial charge in [-0.2, -0.15) is 5.10 Å². The molecule has 0 saturated carbocycles. The Bertz CT molecular complexity index is 591. The maximum atomic E-state index is 11.4. The van der Waals surface area contributed by atoms with Crippen LogP contribution in [0.1, 0.15) is 32.3 Å². The molecule has 0 aliphatic rings. The number of benzene rings is 1. The van der Waals surface area contributed by atoms with Gasteiger partial charge in [0.05, 0.1) is 6.20 Å². The molecule has 2 N–H and O–H groups in total. The molecule has 0 unspecified atom stereocenters. The summed E-state index contributed by atoms with van der Waals surface area (Å²) in [6, 6.07) is 7.73. The molecule has 0 bridgehead atoms. The Morgan fingerprint density at radius 2 is 2.10 bits per heavy atom. The van der Waals surface area contributed by atoms with Crippen LogP contribution in [-0.4, -0.2) is 15.7 Å². The molecule has 0 aliphatic heterocycles. The maximum absolute atomic E-state index is 11.4. The standard InChI is InChI=1S/C16H22N4O/c1-3-8-20-12-13(11-18-20)10-17-14-6-5-7-15(9-14)19-16(21)4-2/h5-7,9,11-12,17H,3-4,8,10H2,1-2H3,(H,19,21). The predicted molar refractivity (Wildman–Crippen MR) is 85.2 cm³/mol. The molecular weight excluding hydrogens is 264 g/mol. The third-order valence-corrected chi connectivity index (χ3v) is 3.10. The third kappa shape index (κ3) is 4.63. The Balaban J connectivity index is 1.93. The summed E-state index contributed by atoms with van der Waals surface area (Å²) >= 11 is 0. The first-order valence-electron chi connectivity index (χ1n) is 7.36. The Morgan fingerprint density at radius 1 is 1.29 bits per heavy atom. The molecule has 0 radical (unpaired) electrons. The molecule has 1 amide bonds. The lowest BCUT2D eigenvalue weighted by Crippen LogP contribution is -2.09. The summed E-state index contributed by atoms with van der Waals surface area (Å²) in [5.41, 5.74) is 2.94. The van der Waals surface area contributed by atoms with Gasteiger partial charge in [-0.3, -0.25) is 9.48 Å². The van der Waals surface area contributed by atoms with Gasteiger partial charge in [0.2, 0.25) is 5.91 Å². The minimum atomic E-state index is 0.0213. The van der Waals surface area contributed by atoms with E-state index in [2.05, 4.69) is 28.9 Å². The van der Waals surface area contributed by atoms with Crippen LogP contribution in [0.3, 0.4) is 0 Å². The van der Waals surface area contributed by atoms with Gasteiger partial charge in [0.25, 0.3) is 0 Å². The second-order valence-corrected chi connectivity index (χ2v) is 4.95. The molecule has 2 rings (SSSR count). The van der Waals surface area contributed by atoms with Crippen molar-refractivity contribution < 1.29 is 4.79 Å². The van der Waals surface area contributed by atoms with Crippen LogP contribution in [0.2, 0.25) is 0 Å². The fourth-order valence-corrected chi connectivity index (χ4v) is 2.01. The molecule has 0 aliphatic carbocycles. The molecule has 5 nitrogen and oxygen atoms in total. The summed E-state index contributed by atoms with van der Waals surface area (Å²) in [7, 11) is 0. The third-order valence-electron chi connectivity index (χ3n) is 3.10. The summed E-state index contributed by atoms with van der Waals surface area (Å²) in [6.07, 6.45) is 5.49. The van der Waals surface area contributed by atoms with Crippen LogP contribution in [0, 0.1) is 0 Å². The number of nitrogens with one attached hydrogen (secondary N) is 2. The second kappa shape index (κ2) is 7.47. The van der Waals surface area contributed by atoms with Gasteiger partial charge in [-0.1, -0.05) is 19.9 Å². The van der Waals surface area contributed by atoms with Gasteiger partial charge < -0.3 is 10.6 Å². The number of carbonyl (C=O) groups is 1. The molecule has 0 spiro atoms. The number of anilines is 2. The summed E-state index contributed by atoms with van der Waals surface area (Å²) < 4.78 is 1.95. The lowest BCUT2D eigenvalue weighted by Gasteiger charge is -2.08. The molecule has 21 heavy (non-hydrogen) atoms. The Hall–Kier alpha value is -2.30. The van der Waals surface area contributed by atoms with Crippen molar-refractivity contribution in [2.24, 2.45) is 0 Å². The highest BCUT2D eigenvalue weighted by atomic mass is 16.1. The number of aromatic nitrogens is 2. The van der Waals surface area contributed by atoms with Gasteiger partial charge in [-0.25, -0.2) is 0 Å². The van der Waals surface area contributed by atoms with Gasteiger partial charge in [-0.15, -0.1) is 0 Å². The summed E-state index contributed by atoms with van der Waals surface area (Å²) in [4.78, 5) is 11.4. The van der Waals surface area contributed by atoms with Crippen LogP contribution in [0.4, 0.5) is 11.4 Å². The highest BCUT2D eigenvalue weighted by molar-refractivity contribution is 5.90. The quantitative estimate of drug-likeness (QED) is 0.821. The van der Waals surface area contributed by atoms with Gasteiger partial charge >= 0.3 is 0 Å². The highest BCUT2D eigenvalue weighted by Crippen LogP contribution is 2.16. The zero-order chi connectivity index (χ0) is 15.1. The van der Waals surface area contributed by atoms with Gasteiger partial charge in [0, 0.05) is 42.6 Å². The van der Waals surface area contributed by atoms with E-state index in [9.17, 15) is 4.79 Å². The molecule has 112 valence electrons.